The lowest BCUT2D eigenvalue weighted by atomic mass is 9.84. The molecular weight excluding hydrogens is 328 g/mol. The van der Waals surface area contributed by atoms with Gasteiger partial charge in [-0.15, -0.1) is 0 Å². The average Bonchev–Trinajstić information content (AvgIpc) is 2.67. The topological polar surface area (TPSA) is 38.9 Å². The Morgan fingerprint density at radius 2 is 1.26 bits per heavy atom. The predicted octanol–water partition coefficient (Wildman–Crippen LogP) is 6.45. The minimum absolute atomic E-state index is 0.0659. The number of pyridine rings is 1. The monoisotopic (exact) mass is 352 g/mol. The van der Waals surface area contributed by atoms with Crippen LogP contribution >= 0.6 is 0 Å². The molecule has 1 aromatic heterocycles. The molecule has 0 aliphatic rings. The summed E-state index contributed by atoms with van der Waals surface area (Å²) in [6.07, 6.45) is 0. The Hall–Kier alpha value is -3.13. The normalized spacial score (nSPS) is 11.7. The Morgan fingerprint density at radius 3 is 1.81 bits per heavy atom. The number of fused-ring (bicyclic) bond motifs is 1. The highest BCUT2D eigenvalue weighted by Crippen LogP contribution is 2.41. The second-order valence-corrected chi connectivity index (χ2v) is 7.96. The van der Waals surface area contributed by atoms with Gasteiger partial charge in [0.1, 0.15) is 5.82 Å². The van der Waals surface area contributed by atoms with Gasteiger partial charge in [-0.3, -0.25) is 0 Å². The smallest absolute Gasteiger partial charge is 0.132 e. The number of rotatable bonds is 2. The highest BCUT2D eigenvalue weighted by Gasteiger charge is 2.20. The largest absolute Gasteiger partial charge is 0.383 e. The lowest BCUT2D eigenvalue weighted by Gasteiger charge is -2.21. The minimum Gasteiger partial charge on any atom is -0.383 e. The molecule has 0 saturated carbocycles. The molecule has 0 fully saturated rings. The third-order valence-electron chi connectivity index (χ3n) is 5.00. The van der Waals surface area contributed by atoms with E-state index in [1.807, 2.05) is 24.3 Å². The van der Waals surface area contributed by atoms with E-state index in [1.54, 1.807) is 0 Å². The molecule has 27 heavy (non-hydrogen) atoms. The van der Waals surface area contributed by atoms with E-state index in [1.165, 1.54) is 5.56 Å². The first-order chi connectivity index (χ1) is 12.9. The number of nitrogens with zero attached hydrogens (tertiary/aromatic N) is 1. The van der Waals surface area contributed by atoms with Crippen LogP contribution in [0.3, 0.4) is 0 Å². The fourth-order valence-electron chi connectivity index (χ4n) is 3.55. The molecule has 4 rings (SSSR count). The van der Waals surface area contributed by atoms with Crippen molar-refractivity contribution >= 4 is 16.7 Å². The molecule has 0 bridgehead atoms. The highest BCUT2D eigenvalue weighted by molar-refractivity contribution is 6.06. The third kappa shape index (κ3) is 3.19. The van der Waals surface area contributed by atoms with Gasteiger partial charge in [0, 0.05) is 16.5 Å². The van der Waals surface area contributed by atoms with Crippen LogP contribution < -0.4 is 5.73 Å². The average molecular weight is 352 g/mol. The summed E-state index contributed by atoms with van der Waals surface area (Å²) in [6, 6.07) is 27.3. The number of nitrogens with two attached hydrogens (primary N) is 1. The Labute approximate surface area is 160 Å². The fourth-order valence-corrected chi connectivity index (χ4v) is 3.55. The lowest BCUT2D eigenvalue weighted by Crippen LogP contribution is -2.11. The molecule has 0 saturated heterocycles. The summed E-state index contributed by atoms with van der Waals surface area (Å²) in [5.41, 5.74) is 13.1. The molecule has 0 aliphatic carbocycles. The zero-order valence-electron chi connectivity index (χ0n) is 16.0. The van der Waals surface area contributed by atoms with Crippen molar-refractivity contribution in [3.63, 3.8) is 0 Å². The van der Waals surface area contributed by atoms with Crippen molar-refractivity contribution in [2.45, 2.75) is 26.2 Å². The molecule has 0 atom stereocenters. The van der Waals surface area contributed by atoms with Crippen molar-refractivity contribution in [2.24, 2.45) is 0 Å². The molecular formula is C25H24N2. The molecule has 0 amide bonds. The van der Waals surface area contributed by atoms with E-state index < -0.39 is 0 Å². The van der Waals surface area contributed by atoms with Gasteiger partial charge in [0.2, 0.25) is 0 Å². The fraction of sp³-hybridized carbons (Fsp3) is 0.160. The first kappa shape index (κ1) is 17.3. The van der Waals surface area contributed by atoms with Crippen molar-refractivity contribution in [1.82, 2.24) is 4.98 Å². The van der Waals surface area contributed by atoms with Crippen LogP contribution in [0.2, 0.25) is 0 Å². The SMILES string of the molecule is CC(C)(C)c1ccc2nc(N)c(-c3ccccc3)c(-c3ccccc3)c2c1. The summed E-state index contributed by atoms with van der Waals surface area (Å²) in [5, 5.41) is 1.14. The van der Waals surface area contributed by atoms with E-state index in [2.05, 4.69) is 75.4 Å². The molecule has 2 N–H and O–H groups in total. The van der Waals surface area contributed by atoms with Gasteiger partial charge in [-0.2, -0.15) is 0 Å². The summed E-state index contributed by atoms with van der Waals surface area (Å²) < 4.78 is 0. The zero-order valence-corrected chi connectivity index (χ0v) is 16.0. The summed E-state index contributed by atoms with van der Waals surface area (Å²) in [4.78, 5) is 4.74. The molecule has 2 nitrogen and oxygen atoms in total. The van der Waals surface area contributed by atoms with Crippen LogP contribution in [0.1, 0.15) is 26.3 Å². The van der Waals surface area contributed by atoms with Crippen LogP contribution in [0.15, 0.2) is 78.9 Å². The first-order valence-corrected chi connectivity index (χ1v) is 9.30. The molecule has 134 valence electrons. The summed E-state index contributed by atoms with van der Waals surface area (Å²) >= 11 is 0. The Kier molecular flexibility index (Phi) is 4.19. The molecule has 0 radical (unpaired) electrons. The van der Waals surface area contributed by atoms with Crippen molar-refractivity contribution < 1.29 is 0 Å². The van der Waals surface area contributed by atoms with Crippen LogP contribution in [-0.2, 0) is 5.41 Å². The minimum atomic E-state index is 0.0659. The standard InChI is InChI=1S/C25H24N2/c1-25(2,3)19-14-15-21-20(16-19)22(17-10-6-4-7-11-17)23(24(26)27-21)18-12-8-5-9-13-18/h4-16H,1-3H3,(H2,26,27). The van der Waals surface area contributed by atoms with Crippen LogP contribution in [0.25, 0.3) is 33.2 Å². The van der Waals surface area contributed by atoms with Crippen LogP contribution in [0.4, 0.5) is 5.82 Å². The number of hydrogen-bond acceptors (Lipinski definition) is 2. The van der Waals surface area contributed by atoms with E-state index in [0.29, 0.717) is 5.82 Å². The van der Waals surface area contributed by atoms with Crippen LogP contribution in [0.5, 0.6) is 0 Å². The summed E-state index contributed by atoms with van der Waals surface area (Å²) in [7, 11) is 0. The number of benzene rings is 3. The van der Waals surface area contributed by atoms with Crippen LogP contribution in [0, 0.1) is 0 Å². The third-order valence-corrected chi connectivity index (χ3v) is 5.00. The van der Waals surface area contributed by atoms with E-state index in [4.69, 9.17) is 10.7 Å². The molecule has 2 heteroatoms. The molecule has 4 aromatic rings. The maximum Gasteiger partial charge on any atom is 0.132 e. The van der Waals surface area contributed by atoms with Gasteiger partial charge in [-0.05, 0) is 34.2 Å². The molecule has 1 heterocycles. The number of nitrogen functional groups attached to an aromatic ring is 1. The van der Waals surface area contributed by atoms with Gasteiger partial charge in [0.05, 0.1) is 5.52 Å². The van der Waals surface area contributed by atoms with Gasteiger partial charge in [0.25, 0.3) is 0 Å². The summed E-state index contributed by atoms with van der Waals surface area (Å²) in [6.45, 7) is 6.71. The van der Waals surface area contributed by atoms with Gasteiger partial charge in [0.15, 0.2) is 0 Å². The molecule has 0 aliphatic heterocycles. The quantitative estimate of drug-likeness (QED) is 0.450. The Balaban J connectivity index is 2.14. The second-order valence-electron chi connectivity index (χ2n) is 7.96. The van der Waals surface area contributed by atoms with Gasteiger partial charge in [-0.1, -0.05) is 87.5 Å². The van der Waals surface area contributed by atoms with Gasteiger partial charge in [-0.25, -0.2) is 4.98 Å². The Morgan fingerprint density at radius 1 is 0.704 bits per heavy atom. The van der Waals surface area contributed by atoms with E-state index >= 15 is 0 Å². The Bertz CT molecular complexity index is 1090. The van der Waals surface area contributed by atoms with E-state index in [-0.39, 0.29) is 5.41 Å². The van der Waals surface area contributed by atoms with Crippen molar-refractivity contribution in [3.05, 3.63) is 84.4 Å². The number of anilines is 1. The predicted molar refractivity (Wildman–Crippen MR) is 116 cm³/mol. The highest BCUT2D eigenvalue weighted by atomic mass is 14.8. The summed E-state index contributed by atoms with van der Waals surface area (Å²) in [5.74, 6) is 0.566. The van der Waals surface area contributed by atoms with Crippen LogP contribution in [-0.4, -0.2) is 4.98 Å². The van der Waals surface area contributed by atoms with Crippen molar-refractivity contribution in [3.8, 4) is 22.3 Å². The second kappa shape index (κ2) is 6.55. The molecule has 0 spiro atoms. The maximum atomic E-state index is 6.47. The first-order valence-electron chi connectivity index (χ1n) is 9.30. The lowest BCUT2D eigenvalue weighted by molar-refractivity contribution is 0.591. The number of hydrogen-bond donors (Lipinski definition) is 1. The molecule has 3 aromatic carbocycles. The zero-order chi connectivity index (χ0) is 19.0. The number of aromatic nitrogens is 1. The van der Waals surface area contributed by atoms with E-state index in [9.17, 15) is 0 Å². The van der Waals surface area contributed by atoms with Gasteiger partial charge < -0.3 is 5.73 Å². The maximum absolute atomic E-state index is 6.47. The van der Waals surface area contributed by atoms with E-state index in [0.717, 1.165) is 33.2 Å². The van der Waals surface area contributed by atoms with Crippen molar-refractivity contribution in [1.29, 1.82) is 0 Å². The van der Waals surface area contributed by atoms with Gasteiger partial charge >= 0.3 is 0 Å². The molecule has 0 unspecified atom stereocenters. The van der Waals surface area contributed by atoms with Crippen molar-refractivity contribution in [2.75, 3.05) is 5.73 Å².